The third-order valence-electron chi connectivity index (χ3n) is 4.98. The zero-order chi connectivity index (χ0) is 22.1. The summed E-state index contributed by atoms with van der Waals surface area (Å²) in [4.78, 5) is 11.3. The summed E-state index contributed by atoms with van der Waals surface area (Å²) in [5.41, 5.74) is 4.36. The first-order valence-electron chi connectivity index (χ1n) is 9.61. The van der Waals surface area contributed by atoms with Crippen LogP contribution in [0.4, 0.5) is 0 Å². The van der Waals surface area contributed by atoms with Crippen molar-refractivity contribution in [2.45, 2.75) is 11.4 Å². The lowest BCUT2D eigenvalue weighted by Crippen LogP contribution is -2.26. The number of H-pyrrole nitrogens is 1. The summed E-state index contributed by atoms with van der Waals surface area (Å²) in [6.07, 6.45) is 4.56. The number of hydrazone groups is 1. The Balaban J connectivity index is 1.62. The van der Waals surface area contributed by atoms with Crippen LogP contribution in [0, 0.1) is 0 Å². The molecule has 0 amide bonds. The van der Waals surface area contributed by atoms with Crippen molar-refractivity contribution < 1.29 is 13.5 Å². The summed E-state index contributed by atoms with van der Waals surface area (Å²) < 4.78 is 28.6. The maximum atomic E-state index is 13.3. The van der Waals surface area contributed by atoms with E-state index in [2.05, 4.69) is 20.1 Å². The molecule has 0 aliphatic heterocycles. The molecule has 0 aliphatic carbocycles. The van der Waals surface area contributed by atoms with Crippen LogP contribution in [0.5, 0.6) is 5.88 Å². The molecule has 10 heteroatoms. The van der Waals surface area contributed by atoms with Crippen molar-refractivity contribution in [2.75, 3.05) is 0 Å². The van der Waals surface area contributed by atoms with E-state index in [-0.39, 0.29) is 17.3 Å². The quantitative estimate of drug-likeness (QED) is 0.291. The molecule has 5 aromatic rings. The van der Waals surface area contributed by atoms with E-state index in [1.165, 1.54) is 29.7 Å². The molecule has 0 bridgehead atoms. The number of thiazole rings is 1. The maximum Gasteiger partial charge on any atom is 0.279 e. The first kappa shape index (κ1) is 20.2. The molecule has 32 heavy (non-hydrogen) atoms. The van der Waals surface area contributed by atoms with Crippen LogP contribution < -0.4 is 0 Å². The highest BCUT2D eigenvalue weighted by Gasteiger charge is 2.23. The number of sulfonamides is 1. The van der Waals surface area contributed by atoms with Crippen molar-refractivity contribution >= 4 is 48.7 Å². The summed E-state index contributed by atoms with van der Waals surface area (Å²) >= 11 is 1.44. The molecule has 0 unspecified atom stereocenters. The van der Waals surface area contributed by atoms with Gasteiger partial charge in [-0.3, -0.25) is 4.98 Å². The molecule has 2 N–H and O–H groups in total. The van der Waals surface area contributed by atoms with Crippen molar-refractivity contribution in [2.24, 2.45) is 5.10 Å². The molecule has 0 saturated carbocycles. The third-order valence-corrected chi connectivity index (χ3v) is 7.48. The van der Waals surface area contributed by atoms with Crippen molar-refractivity contribution in [1.82, 2.24) is 19.4 Å². The molecule has 2 aromatic carbocycles. The summed E-state index contributed by atoms with van der Waals surface area (Å²) in [5, 5.41) is 15.6. The fourth-order valence-electron chi connectivity index (χ4n) is 3.41. The van der Waals surface area contributed by atoms with Gasteiger partial charge in [-0.1, -0.05) is 18.2 Å². The summed E-state index contributed by atoms with van der Waals surface area (Å²) in [5.74, 6) is -0.0920. The van der Waals surface area contributed by atoms with E-state index in [9.17, 15) is 13.5 Å². The Morgan fingerprint density at radius 1 is 1.09 bits per heavy atom. The fraction of sp³-hybridized carbons (Fsp3) is 0.0455. The van der Waals surface area contributed by atoms with Gasteiger partial charge in [0.05, 0.1) is 44.5 Å². The fourth-order valence-corrected chi connectivity index (χ4v) is 5.49. The number of aromatic amines is 1. The number of nitrogens with one attached hydrogen (secondary N) is 1. The average molecular weight is 464 g/mol. The Kier molecular flexibility index (Phi) is 5.08. The monoisotopic (exact) mass is 463 g/mol. The topological polar surface area (TPSA) is 112 Å². The molecule has 3 aromatic heterocycles. The third kappa shape index (κ3) is 3.59. The van der Waals surface area contributed by atoms with Gasteiger partial charge in [0.25, 0.3) is 10.0 Å². The molecular formula is C22H17N5O3S2. The van der Waals surface area contributed by atoms with E-state index in [0.29, 0.717) is 11.1 Å². The number of nitrogens with zero attached hydrogens (tertiary/aromatic N) is 4. The molecule has 0 aliphatic rings. The second-order valence-corrected chi connectivity index (χ2v) is 9.67. The highest BCUT2D eigenvalue weighted by molar-refractivity contribution is 7.89. The highest BCUT2D eigenvalue weighted by atomic mass is 32.2. The van der Waals surface area contributed by atoms with Gasteiger partial charge in [0.1, 0.15) is 0 Å². The van der Waals surface area contributed by atoms with Crippen molar-refractivity contribution in [3.05, 3.63) is 83.6 Å². The highest BCUT2D eigenvalue weighted by Crippen LogP contribution is 2.34. The molecule has 160 valence electrons. The normalized spacial score (nSPS) is 12.1. The van der Waals surface area contributed by atoms with Crippen LogP contribution in [0.25, 0.3) is 21.1 Å². The Labute approximate surface area is 187 Å². The molecule has 0 radical (unpaired) electrons. The van der Waals surface area contributed by atoms with Crippen molar-refractivity contribution in [1.29, 1.82) is 0 Å². The van der Waals surface area contributed by atoms with Crippen LogP contribution in [0.15, 0.2) is 82.5 Å². The lowest BCUT2D eigenvalue weighted by atomic mass is 10.1. The van der Waals surface area contributed by atoms with Gasteiger partial charge in [0.2, 0.25) is 0 Å². The maximum absolute atomic E-state index is 13.3. The standard InChI is InChI=1S/C22H17N5O3S2/c28-22-17(20-18(26-22)6-7-19-21(20)31-14-24-19)12-25-27(13-15-8-10-23-11-9-15)32(29,30)16-4-2-1-3-5-16/h1-12,14,26,28H,13H2. The smallest absolute Gasteiger partial charge is 0.279 e. The molecule has 0 atom stereocenters. The number of benzene rings is 2. The van der Waals surface area contributed by atoms with Gasteiger partial charge in [-0.15, -0.1) is 11.3 Å². The zero-order valence-electron chi connectivity index (χ0n) is 16.6. The molecule has 0 spiro atoms. The Morgan fingerprint density at radius 3 is 2.66 bits per heavy atom. The molecule has 5 rings (SSSR count). The van der Waals surface area contributed by atoms with Gasteiger partial charge in [-0.25, -0.2) is 4.98 Å². The van der Waals surface area contributed by atoms with Gasteiger partial charge in [-0.05, 0) is 42.0 Å². The minimum Gasteiger partial charge on any atom is -0.494 e. The van der Waals surface area contributed by atoms with Crippen LogP contribution in [0.3, 0.4) is 0 Å². The molecule has 8 nitrogen and oxygen atoms in total. The van der Waals surface area contributed by atoms with Gasteiger partial charge in [0, 0.05) is 17.8 Å². The van der Waals surface area contributed by atoms with Gasteiger partial charge in [-0.2, -0.15) is 17.9 Å². The van der Waals surface area contributed by atoms with E-state index in [1.54, 1.807) is 48.2 Å². The summed E-state index contributed by atoms with van der Waals surface area (Å²) in [6.45, 7) is 0.00926. The largest absolute Gasteiger partial charge is 0.494 e. The van der Waals surface area contributed by atoms with E-state index < -0.39 is 10.0 Å². The Bertz CT molecular complexity index is 1530. The first-order chi connectivity index (χ1) is 15.5. The predicted octanol–water partition coefficient (Wildman–Crippen LogP) is 4.10. The predicted molar refractivity (Wildman–Crippen MR) is 124 cm³/mol. The number of hydrogen-bond donors (Lipinski definition) is 2. The van der Waals surface area contributed by atoms with Crippen LogP contribution in [0.2, 0.25) is 0 Å². The van der Waals surface area contributed by atoms with E-state index in [0.717, 1.165) is 25.6 Å². The summed E-state index contributed by atoms with van der Waals surface area (Å²) in [7, 11) is -3.94. The second-order valence-electron chi connectivity index (χ2n) is 6.97. The average Bonchev–Trinajstić information content (AvgIpc) is 3.41. The number of fused-ring (bicyclic) bond motifs is 3. The van der Waals surface area contributed by atoms with Gasteiger partial charge < -0.3 is 10.1 Å². The Morgan fingerprint density at radius 2 is 1.88 bits per heavy atom. The van der Waals surface area contributed by atoms with Crippen LogP contribution in [-0.2, 0) is 16.6 Å². The van der Waals surface area contributed by atoms with Crippen LogP contribution in [0.1, 0.15) is 11.1 Å². The van der Waals surface area contributed by atoms with Crippen LogP contribution >= 0.6 is 11.3 Å². The van der Waals surface area contributed by atoms with Gasteiger partial charge >= 0.3 is 0 Å². The minimum atomic E-state index is -3.94. The lowest BCUT2D eigenvalue weighted by Gasteiger charge is -2.19. The lowest BCUT2D eigenvalue weighted by molar-refractivity contribution is 0.426. The van der Waals surface area contributed by atoms with E-state index >= 15 is 0 Å². The van der Waals surface area contributed by atoms with Gasteiger partial charge in [0.15, 0.2) is 5.88 Å². The summed E-state index contributed by atoms with van der Waals surface area (Å²) in [6, 6.07) is 15.3. The number of aromatic hydroxyl groups is 1. The molecular weight excluding hydrogens is 446 g/mol. The van der Waals surface area contributed by atoms with E-state index in [1.807, 2.05) is 12.1 Å². The molecule has 0 saturated heterocycles. The zero-order valence-corrected chi connectivity index (χ0v) is 18.2. The van der Waals surface area contributed by atoms with Crippen LogP contribution in [-0.4, -0.2) is 39.1 Å². The molecule has 0 fully saturated rings. The number of rotatable bonds is 6. The first-order valence-corrected chi connectivity index (χ1v) is 11.9. The van der Waals surface area contributed by atoms with Crippen molar-refractivity contribution in [3.63, 3.8) is 0 Å². The number of hydrogen-bond acceptors (Lipinski definition) is 7. The minimum absolute atomic E-state index is 0.00926. The SMILES string of the molecule is O=S(=O)(c1ccccc1)N(Cc1ccncc1)N=Cc1c(O)[nH]c2ccc3ncsc3c12. The van der Waals surface area contributed by atoms with E-state index in [4.69, 9.17) is 0 Å². The Hall–Kier alpha value is -3.76. The second kappa shape index (κ2) is 8.06. The number of pyridine rings is 1. The van der Waals surface area contributed by atoms with Crippen molar-refractivity contribution in [3.8, 4) is 5.88 Å². The number of aromatic nitrogens is 3. The molecule has 3 heterocycles.